The lowest BCUT2D eigenvalue weighted by atomic mass is 10.1. The lowest BCUT2D eigenvalue weighted by Crippen LogP contribution is -2.52. The summed E-state index contributed by atoms with van der Waals surface area (Å²) >= 11 is 3.04. The van der Waals surface area contributed by atoms with E-state index in [1.807, 2.05) is 42.8 Å². The number of carbonyl (C=O) groups is 3. The molecule has 2 amide bonds. The highest BCUT2D eigenvalue weighted by Gasteiger charge is 2.26. The zero-order valence-electron chi connectivity index (χ0n) is 15.5. The van der Waals surface area contributed by atoms with Gasteiger partial charge >= 0.3 is 12.1 Å². The fraction of sp³-hybridized carbons (Fsp3) is 0.500. The van der Waals surface area contributed by atoms with Crippen molar-refractivity contribution in [1.82, 2.24) is 10.6 Å². The highest BCUT2D eigenvalue weighted by atomic mass is 32.2. The minimum absolute atomic E-state index is 0.0923. The predicted octanol–water partition coefficient (Wildman–Crippen LogP) is 2.36. The summed E-state index contributed by atoms with van der Waals surface area (Å²) < 4.78 is 5.15. The average Bonchev–Trinajstić information content (AvgIpc) is 2.67. The van der Waals surface area contributed by atoms with Crippen molar-refractivity contribution in [2.24, 2.45) is 0 Å². The summed E-state index contributed by atoms with van der Waals surface area (Å²) in [6.07, 6.45) is 3.74. The maximum Gasteiger partial charge on any atom is 0.408 e. The standard InChI is InChI=1S/C18H26N2O5S2/c1-26-10-8-14(16(21)19-15(17(22)23)9-11-27-2)20-18(24)25-12-13-6-4-3-5-7-13/h3-7,14-15H,8-12H2,1-2H3,(H,19,21)(H,20,24)(H,22,23)/t14-,15-/m0/s1. The number of alkyl carbamates (subject to hydrolysis) is 1. The second-order valence-electron chi connectivity index (χ2n) is 5.72. The molecule has 0 saturated carbocycles. The van der Waals surface area contributed by atoms with Crippen molar-refractivity contribution in [3.8, 4) is 0 Å². The average molecular weight is 415 g/mol. The van der Waals surface area contributed by atoms with E-state index in [0.29, 0.717) is 24.3 Å². The van der Waals surface area contributed by atoms with Crippen molar-refractivity contribution < 1.29 is 24.2 Å². The van der Waals surface area contributed by atoms with E-state index in [0.717, 1.165) is 5.56 Å². The zero-order chi connectivity index (χ0) is 20.1. The first-order valence-electron chi connectivity index (χ1n) is 8.46. The molecule has 150 valence electrons. The molecule has 0 fully saturated rings. The normalized spacial score (nSPS) is 12.7. The van der Waals surface area contributed by atoms with Gasteiger partial charge in [-0.25, -0.2) is 9.59 Å². The maximum absolute atomic E-state index is 12.5. The van der Waals surface area contributed by atoms with Crippen LogP contribution in [0.2, 0.25) is 0 Å². The number of thioether (sulfide) groups is 2. The third-order valence-electron chi connectivity index (χ3n) is 3.66. The van der Waals surface area contributed by atoms with E-state index in [4.69, 9.17) is 4.74 Å². The van der Waals surface area contributed by atoms with Gasteiger partial charge in [-0.3, -0.25) is 4.79 Å². The first-order chi connectivity index (χ1) is 13.0. The number of carboxylic acids is 1. The lowest BCUT2D eigenvalue weighted by Gasteiger charge is -2.21. The summed E-state index contributed by atoms with van der Waals surface area (Å²) in [7, 11) is 0. The first kappa shape index (κ1) is 23.2. The van der Waals surface area contributed by atoms with Crippen LogP contribution in [-0.4, -0.2) is 59.2 Å². The molecule has 27 heavy (non-hydrogen) atoms. The molecule has 0 saturated heterocycles. The Balaban J connectivity index is 2.62. The summed E-state index contributed by atoms with van der Waals surface area (Å²) in [5, 5.41) is 14.3. The monoisotopic (exact) mass is 414 g/mol. The van der Waals surface area contributed by atoms with Gasteiger partial charge in [0.15, 0.2) is 0 Å². The van der Waals surface area contributed by atoms with Gasteiger partial charge in [-0.1, -0.05) is 30.3 Å². The van der Waals surface area contributed by atoms with Crippen molar-refractivity contribution in [2.45, 2.75) is 31.5 Å². The molecule has 2 atom stereocenters. The molecule has 0 aromatic heterocycles. The van der Waals surface area contributed by atoms with Gasteiger partial charge in [-0.15, -0.1) is 0 Å². The van der Waals surface area contributed by atoms with Gasteiger partial charge in [-0.05, 0) is 42.4 Å². The molecule has 3 N–H and O–H groups in total. The molecule has 0 spiro atoms. The summed E-state index contributed by atoms with van der Waals surface area (Å²) in [5.41, 5.74) is 0.834. The van der Waals surface area contributed by atoms with Crippen LogP contribution in [0.5, 0.6) is 0 Å². The van der Waals surface area contributed by atoms with Crippen LogP contribution < -0.4 is 10.6 Å². The number of carboxylic acid groups (broad SMARTS) is 1. The maximum atomic E-state index is 12.5. The van der Waals surface area contributed by atoms with Crippen molar-refractivity contribution in [3.05, 3.63) is 35.9 Å². The fourth-order valence-electron chi connectivity index (χ4n) is 2.18. The van der Waals surface area contributed by atoms with Gasteiger partial charge in [0.05, 0.1) is 0 Å². The highest BCUT2D eigenvalue weighted by molar-refractivity contribution is 7.98. The van der Waals surface area contributed by atoms with E-state index in [1.54, 1.807) is 0 Å². The summed E-state index contributed by atoms with van der Waals surface area (Å²) in [6.45, 7) is 0.0923. The molecule has 1 aromatic rings. The molecule has 0 bridgehead atoms. The molecule has 0 radical (unpaired) electrons. The minimum atomic E-state index is -1.09. The number of aliphatic carboxylic acids is 1. The Morgan fingerprint density at radius 3 is 2.15 bits per heavy atom. The van der Waals surface area contributed by atoms with E-state index in [-0.39, 0.29) is 6.61 Å². The second kappa shape index (κ2) is 13.3. The Labute approximate surface area is 168 Å². The number of rotatable bonds is 12. The third kappa shape index (κ3) is 9.58. The van der Waals surface area contributed by atoms with E-state index in [1.165, 1.54) is 23.5 Å². The van der Waals surface area contributed by atoms with Crippen molar-refractivity contribution >= 4 is 41.5 Å². The van der Waals surface area contributed by atoms with Crippen LogP contribution in [0, 0.1) is 0 Å². The van der Waals surface area contributed by atoms with Gasteiger partial charge in [0.1, 0.15) is 18.7 Å². The molecule has 0 heterocycles. The largest absolute Gasteiger partial charge is 0.480 e. The van der Waals surface area contributed by atoms with E-state index < -0.39 is 30.1 Å². The number of hydrogen-bond acceptors (Lipinski definition) is 6. The Hall–Kier alpha value is -1.87. The first-order valence-corrected chi connectivity index (χ1v) is 11.2. The minimum Gasteiger partial charge on any atom is -0.480 e. The molecule has 0 aliphatic heterocycles. The summed E-state index contributed by atoms with van der Waals surface area (Å²) in [5.74, 6) is -0.360. The molecule has 7 nitrogen and oxygen atoms in total. The summed E-state index contributed by atoms with van der Waals surface area (Å²) in [6, 6.07) is 7.36. The van der Waals surface area contributed by atoms with Crippen LogP contribution >= 0.6 is 23.5 Å². The highest BCUT2D eigenvalue weighted by Crippen LogP contribution is 2.06. The van der Waals surface area contributed by atoms with Gasteiger partial charge < -0.3 is 20.5 Å². The molecule has 0 unspecified atom stereocenters. The molecule has 0 aliphatic carbocycles. The summed E-state index contributed by atoms with van der Waals surface area (Å²) in [4.78, 5) is 35.8. The number of amides is 2. The molecular formula is C18H26N2O5S2. The Morgan fingerprint density at radius 2 is 1.59 bits per heavy atom. The van der Waals surface area contributed by atoms with Gasteiger partial charge in [-0.2, -0.15) is 23.5 Å². The number of carbonyl (C=O) groups excluding carboxylic acids is 2. The number of benzene rings is 1. The fourth-order valence-corrected chi connectivity index (χ4v) is 3.12. The van der Waals surface area contributed by atoms with Gasteiger partial charge in [0.25, 0.3) is 0 Å². The number of hydrogen-bond donors (Lipinski definition) is 3. The van der Waals surface area contributed by atoms with Crippen LogP contribution in [0.15, 0.2) is 30.3 Å². The Kier molecular flexibility index (Phi) is 11.4. The molecule has 1 aromatic carbocycles. The van der Waals surface area contributed by atoms with Gasteiger partial charge in [0, 0.05) is 0 Å². The van der Waals surface area contributed by atoms with Crippen molar-refractivity contribution in [2.75, 3.05) is 24.0 Å². The van der Waals surface area contributed by atoms with Crippen LogP contribution in [0.25, 0.3) is 0 Å². The zero-order valence-corrected chi connectivity index (χ0v) is 17.1. The Bertz CT molecular complexity index is 601. The molecule has 0 aliphatic rings. The third-order valence-corrected chi connectivity index (χ3v) is 4.95. The SMILES string of the molecule is CSCC[C@H](NC(=O)[C@H](CCSC)NC(=O)OCc1ccccc1)C(=O)O. The van der Waals surface area contributed by atoms with Crippen LogP contribution in [0.1, 0.15) is 18.4 Å². The van der Waals surface area contributed by atoms with Crippen LogP contribution in [0.3, 0.4) is 0 Å². The second-order valence-corrected chi connectivity index (χ2v) is 7.69. The topological polar surface area (TPSA) is 105 Å². The number of ether oxygens (including phenoxy) is 1. The van der Waals surface area contributed by atoms with E-state index in [9.17, 15) is 19.5 Å². The molecular weight excluding hydrogens is 388 g/mol. The number of nitrogens with one attached hydrogen (secondary N) is 2. The van der Waals surface area contributed by atoms with Crippen LogP contribution in [0.4, 0.5) is 4.79 Å². The van der Waals surface area contributed by atoms with Crippen LogP contribution in [-0.2, 0) is 20.9 Å². The van der Waals surface area contributed by atoms with Gasteiger partial charge in [0.2, 0.25) is 5.91 Å². The predicted molar refractivity (Wildman–Crippen MR) is 109 cm³/mol. The van der Waals surface area contributed by atoms with Crippen molar-refractivity contribution in [1.29, 1.82) is 0 Å². The molecule has 9 heteroatoms. The Morgan fingerprint density at radius 1 is 1.00 bits per heavy atom. The lowest BCUT2D eigenvalue weighted by molar-refractivity contribution is -0.142. The van der Waals surface area contributed by atoms with Crippen molar-refractivity contribution in [3.63, 3.8) is 0 Å². The van der Waals surface area contributed by atoms with E-state index in [2.05, 4.69) is 10.6 Å². The quantitative estimate of drug-likeness (QED) is 0.482. The van der Waals surface area contributed by atoms with E-state index >= 15 is 0 Å². The smallest absolute Gasteiger partial charge is 0.408 e. The molecule has 1 rings (SSSR count).